The van der Waals surface area contributed by atoms with Gasteiger partial charge in [0.05, 0.1) is 6.54 Å². The molecule has 0 bridgehead atoms. The molecule has 0 spiro atoms. The summed E-state index contributed by atoms with van der Waals surface area (Å²) in [7, 11) is 0. The lowest BCUT2D eigenvalue weighted by molar-refractivity contribution is -0.156. The molecule has 0 unspecified atom stereocenters. The maximum Gasteiger partial charge on any atom is 0.644 e. The van der Waals surface area contributed by atoms with Crippen molar-refractivity contribution < 1.29 is 22.6 Å². The molecule has 7 nitrogen and oxygen atoms in total. The molecule has 0 amide bonds. The first-order chi connectivity index (χ1) is 5.08. The molecular formula is C4H13AlN2O5. The Bertz CT molecular complexity index is 131. The number of hydrogen-bond donors (Lipinski definition) is 4. The van der Waals surface area contributed by atoms with Crippen LogP contribution >= 0.6 is 0 Å². The minimum Gasteiger partial charge on any atom is -0.496 e. The third-order valence-electron chi connectivity index (χ3n) is 0.424. The van der Waals surface area contributed by atoms with Gasteiger partial charge >= 0.3 is 27.8 Å². The Labute approximate surface area is 76.5 Å². The molecule has 0 aliphatic heterocycles. The second-order valence-electron chi connectivity index (χ2n) is 1.31. The highest BCUT2D eigenvalue weighted by atomic mass is 27.2. The summed E-state index contributed by atoms with van der Waals surface area (Å²) in [5, 5.41) is 0. The molecule has 7 N–H and O–H groups in total. The predicted molar refractivity (Wildman–Crippen MR) is 42.4 cm³/mol. The molecule has 0 heterocycles. The van der Waals surface area contributed by atoms with Gasteiger partial charge in [0.25, 0.3) is 0 Å². The van der Waals surface area contributed by atoms with Gasteiger partial charge in [0.15, 0.2) is 0 Å². The molecule has 0 rings (SSSR count). The first-order valence-corrected chi connectivity index (χ1v) is 3.98. The molecule has 0 aliphatic rings. The Morgan fingerprint density at radius 3 is 1.92 bits per heavy atom. The molecule has 12 heavy (non-hydrogen) atoms. The molecule has 0 saturated carbocycles. The minimum atomic E-state index is -1.58. The monoisotopic (exact) mass is 196 g/mol. The summed E-state index contributed by atoms with van der Waals surface area (Å²) in [6.07, 6.45) is 0. The van der Waals surface area contributed by atoms with E-state index in [0.29, 0.717) is 0 Å². The van der Waals surface area contributed by atoms with Crippen LogP contribution in [0.3, 0.4) is 0 Å². The Balaban J connectivity index is -0.000000177. The van der Waals surface area contributed by atoms with Crippen LogP contribution in [0, 0.1) is 0 Å². The Hall–Kier alpha value is -0.488. The van der Waals surface area contributed by atoms with Gasteiger partial charge < -0.3 is 24.9 Å². The number of carbonyl (C=O) groups excluding carboxylic acids is 2. The topological polar surface area (TPSA) is 145 Å². The van der Waals surface area contributed by atoms with Crippen LogP contribution in [0.25, 0.3) is 0 Å². The maximum absolute atomic E-state index is 10.1. The molecule has 0 aromatic heterocycles. The van der Waals surface area contributed by atoms with E-state index >= 15 is 0 Å². The van der Waals surface area contributed by atoms with Crippen molar-refractivity contribution in [2.24, 2.45) is 5.73 Å². The Kier molecular flexibility index (Phi) is 19.2. The number of rotatable bonds is 1. The summed E-state index contributed by atoms with van der Waals surface area (Å²) in [5.74, 6) is -1.32. The molecule has 72 valence electrons. The van der Waals surface area contributed by atoms with Gasteiger partial charge in [-0.25, -0.2) is 0 Å². The van der Waals surface area contributed by atoms with Crippen molar-refractivity contribution in [1.82, 2.24) is 6.15 Å². The van der Waals surface area contributed by atoms with Gasteiger partial charge in [0.2, 0.25) is 0 Å². The van der Waals surface area contributed by atoms with Crippen LogP contribution in [0.5, 0.6) is 0 Å². The quantitative estimate of drug-likeness (QED) is 0.205. The fourth-order valence-electron chi connectivity index (χ4n) is 0.202. The SMILES string of the molecule is CC(=O)OC(=O)CN.N.[OH][AlH][OH]. The zero-order chi connectivity index (χ0) is 9.28. The van der Waals surface area contributed by atoms with E-state index in [2.05, 4.69) is 4.74 Å². The molecule has 0 atom stereocenters. The lowest BCUT2D eigenvalue weighted by Crippen LogP contribution is -2.18. The second-order valence-corrected chi connectivity index (χ2v) is 1.59. The van der Waals surface area contributed by atoms with Crippen molar-refractivity contribution in [1.29, 1.82) is 0 Å². The van der Waals surface area contributed by atoms with Crippen LogP contribution in [0.15, 0.2) is 0 Å². The van der Waals surface area contributed by atoms with E-state index in [1.807, 2.05) is 0 Å². The normalized spacial score (nSPS) is 6.67. The third-order valence-corrected chi connectivity index (χ3v) is 0.424. The van der Waals surface area contributed by atoms with Crippen LogP contribution in [-0.2, 0) is 14.3 Å². The van der Waals surface area contributed by atoms with Crippen molar-refractivity contribution in [2.45, 2.75) is 6.92 Å². The summed E-state index contributed by atoms with van der Waals surface area (Å²) >= 11 is -1.58. The Morgan fingerprint density at radius 2 is 1.83 bits per heavy atom. The number of nitrogens with two attached hydrogens (primary N) is 1. The van der Waals surface area contributed by atoms with Gasteiger partial charge in [-0.15, -0.1) is 0 Å². The summed E-state index contributed by atoms with van der Waals surface area (Å²) in [6, 6.07) is 0. The van der Waals surface area contributed by atoms with Crippen LogP contribution in [-0.4, -0.2) is 42.7 Å². The van der Waals surface area contributed by atoms with E-state index in [4.69, 9.17) is 14.1 Å². The van der Waals surface area contributed by atoms with Crippen LogP contribution < -0.4 is 11.9 Å². The zero-order valence-corrected chi connectivity index (χ0v) is 8.23. The average molecular weight is 196 g/mol. The second kappa shape index (κ2) is 13.1. The number of hydrogen-bond acceptors (Lipinski definition) is 7. The fraction of sp³-hybridized carbons (Fsp3) is 0.500. The first-order valence-electron chi connectivity index (χ1n) is 2.71. The molecule has 0 saturated heterocycles. The lowest BCUT2D eigenvalue weighted by atomic mass is 10.7. The van der Waals surface area contributed by atoms with E-state index in [-0.39, 0.29) is 12.7 Å². The summed E-state index contributed by atoms with van der Waals surface area (Å²) < 4.78 is 18.5. The highest BCUT2D eigenvalue weighted by Crippen LogP contribution is 1.74. The van der Waals surface area contributed by atoms with E-state index in [9.17, 15) is 9.59 Å². The summed E-state index contributed by atoms with van der Waals surface area (Å²) in [4.78, 5) is 20.0. The minimum absolute atomic E-state index is 0. The fourth-order valence-corrected chi connectivity index (χ4v) is 0.202. The van der Waals surface area contributed by atoms with E-state index < -0.39 is 27.8 Å². The molecule has 0 aromatic rings. The average Bonchev–Trinajstić information content (AvgIpc) is 1.88. The standard InChI is InChI=1S/C4H7NO3.Al.H3N.2H2O.H/c1-3(6)8-4(7)2-5;;;;;/h2,5H2,1H3;;1H3;2*1H2;/q;+2;;;;/p-2. The van der Waals surface area contributed by atoms with Gasteiger partial charge in [-0.3, -0.25) is 9.59 Å². The molecule has 0 aliphatic carbocycles. The maximum atomic E-state index is 10.1. The van der Waals surface area contributed by atoms with Crippen LogP contribution in [0.2, 0.25) is 0 Å². The van der Waals surface area contributed by atoms with E-state index in [0.717, 1.165) is 6.92 Å². The van der Waals surface area contributed by atoms with E-state index in [1.165, 1.54) is 0 Å². The molecule has 0 fully saturated rings. The predicted octanol–water partition coefficient (Wildman–Crippen LogP) is -2.57. The van der Waals surface area contributed by atoms with Gasteiger partial charge in [0, 0.05) is 6.92 Å². The van der Waals surface area contributed by atoms with E-state index in [1.54, 1.807) is 0 Å². The molecular weight excluding hydrogens is 183 g/mol. The summed E-state index contributed by atoms with van der Waals surface area (Å²) in [5.41, 5.74) is 4.79. The van der Waals surface area contributed by atoms with Crippen LogP contribution in [0.1, 0.15) is 6.92 Å². The van der Waals surface area contributed by atoms with Gasteiger partial charge in [-0.1, -0.05) is 0 Å². The van der Waals surface area contributed by atoms with Crippen LogP contribution in [0.4, 0.5) is 0 Å². The molecule has 0 radical (unpaired) electrons. The Morgan fingerprint density at radius 1 is 1.50 bits per heavy atom. The van der Waals surface area contributed by atoms with Gasteiger partial charge in [-0.2, -0.15) is 0 Å². The van der Waals surface area contributed by atoms with Crippen molar-refractivity contribution in [2.75, 3.05) is 6.54 Å². The highest BCUT2D eigenvalue weighted by Gasteiger charge is 1.99. The number of ether oxygens (including phenoxy) is 1. The first kappa shape index (κ1) is 17.6. The number of esters is 2. The largest absolute Gasteiger partial charge is 0.644 e. The third kappa shape index (κ3) is 22.7. The molecule has 0 aromatic carbocycles. The van der Waals surface area contributed by atoms with Crippen molar-refractivity contribution in [3.63, 3.8) is 0 Å². The van der Waals surface area contributed by atoms with Gasteiger partial charge in [0.1, 0.15) is 0 Å². The molecule has 8 heteroatoms. The van der Waals surface area contributed by atoms with Crippen molar-refractivity contribution in [3.8, 4) is 0 Å². The van der Waals surface area contributed by atoms with Gasteiger partial charge in [-0.05, 0) is 0 Å². The van der Waals surface area contributed by atoms with Crippen molar-refractivity contribution in [3.05, 3.63) is 0 Å². The lowest BCUT2D eigenvalue weighted by Gasteiger charge is -1.92. The smallest absolute Gasteiger partial charge is 0.496 e. The highest BCUT2D eigenvalue weighted by molar-refractivity contribution is 6.13. The van der Waals surface area contributed by atoms with Crippen molar-refractivity contribution >= 4 is 27.8 Å². The number of carbonyl (C=O) groups is 2. The zero-order valence-electron chi connectivity index (χ0n) is 6.82. The summed E-state index contributed by atoms with van der Waals surface area (Å²) in [6.45, 7) is 0.896.